The van der Waals surface area contributed by atoms with Crippen LogP contribution in [-0.4, -0.2) is 29.6 Å². The highest BCUT2D eigenvalue weighted by molar-refractivity contribution is 9.09. The van der Waals surface area contributed by atoms with Crippen molar-refractivity contribution in [2.45, 2.75) is 6.18 Å². The molecule has 0 fully saturated rings. The standard InChI is InChI=1S/C9H8BrF5N2/c10-1-2-17(5-9(13,14)15)8-7(12)3-6(11)4-16-8/h3-4H,1-2,5H2. The highest BCUT2D eigenvalue weighted by Crippen LogP contribution is 2.23. The van der Waals surface area contributed by atoms with Crippen LogP contribution in [-0.2, 0) is 0 Å². The van der Waals surface area contributed by atoms with Crippen molar-refractivity contribution in [3.8, 4) is 0 Å². The quantitative estimate of drug-likeness (QED) is 0.626. The third kappa shape index (κ3) is 4.45. The molecule has 0 aliphatic rings. The molecule has 0 saturated heterocycles. The van der Waals surface area contributed by atoms with E-state index in [2.05, 4.69) is 20.9 Å². The molecule has 1 heterocycles. The Kier molecular flexibility index (Phi) is 4.67. The predicted molar refractivity (Wildman–Crippen MR) is 56.2 cm³/mol. The number of nitrogens with zero attached hydrogens (tertiary/aromatic N) is 2. The summed E-state index contributed by atoms with van der Waals surface area (Å²) in [6.45, 7) is -1.43. The lowest BCUT2D eigenvalue weighted by Gasteiger charge is -2.24. The van der Waals surface area contributed by atoms with Crippen LogP contribution in [0.2, 0.25) is 0 Å². The monoisotopic (exact) mass is 318 g/mol. The van der Waals surface area contributed by atoms with Crippen LogP contribution in [0.4, 0.5) is 27.8 Å². The van der Waals surface area contributed by atoms with Gasteiger partial charge in [-0.3, -0.25) is 0 Å². The molecule has 8 heteroatoms. The van der Waals surface area contributed by atoms with E-state index >= 15 is 0 Å². The van der Waals surface area contributed by atoms with Crippen LogP contribution in [0.5, 0.6) is 0 Å². The second-order valence-electron chi connectivity index (χ2n) is 3.18. The first kappa shape index (κ1) is 14.1. The van der Waals surface area contributed by atoms with Crippen LogP contribution < -0.4 is 4.90 Å². The Hall–Kier alpha value is -0.920. The van der Waals surface area contributed by atoms with Crippen LogP contribution in [0.15, 0.2) is 12.3 Å². The van der Waals surface area contributed by atoms with Crippen LogP contribution >= 0.6 is 15.9 Å². The van der Waals surface area contributed by atoms with Crippen molar-refractivity contribution in [3.05, 3.63) is 23.9 Å². The molecule has 0 amide bonds. The van der Waals surface area contributed by atoms with Gasteiger partial charge >= 0.3 is 6.18 Å². The molecule has 1 aromatic heterocycles. The molecule has 0 unspecified atom stereocenters. The second-order valence-corrected chi connectivity index (χ2v) is 3.98. The van der Waals surface area contributed by atoms with Crippen molar-refractivity contribution >= 4 is 21.7 Å². The van der Waals surface area contributed by atoms with Crippen molar-refractivity contribution in [1.29, 1.82) is 0 Å². The van der Waals surface area contributed by atoms with Crippen LogP contribution in [0.1, 0.15) is 0 Å². The van der Waals surface area contributed by atoms with E-state index in [4.69, 9.17) is 0 Å². The minimum atomic E-state index is -4.48. The molecule has 0 spiro atoms. The molecule has 1 rings (SSSR count). The molecule has 1 aromatic rings. The predicted octanol–water partition coefficient (Wildman–Crippen LogP) is 3.12. The van der Waals surface area contributed by atoms with Gasteiger partial charge in [0.25, 0.3) is 0 Å². The van der Waals surface area contributed by atoms with Crippen LogP contribution in [0.25, 0.3) is 0 Å². The largest absolute Gasteiger partial charge is 0.405 e. The summed E-state index contributed by atoms with van der Waals surface area (Å²) in [7, 11) is 0. The van der Waals surface area contributed by atoms with E-state index in [1.165, 1.54) is 0 Å². The van der Waals surface area contributed by atoms with Crippen molar-refractivity contribution in [2.24, 2.45) is 0 Å². The molecular formula is C9H8BrF5N2. The van der Waals surface area contributed by atoms with Gasteiger partial charge in [-0.05, 0) is 0 Å². The lowest BCUT2D eigenvalue weighted by molar-refractivity contribution is -0.119. The Labute approximate surface area is 103 Å². The summed E-state index contributed by atoms with van der Waals surface area (Å²) in [6, 6.07) is 0.500. The molecule has 17 heavy (non-hydrogen) atoms. The zero-order chi connectivity index (χ0) is 13.1. The number of aromatic nitrogens is 1. The van der Waals surface area contributed by atoms with Gasteiger partial charge in [0.15, 0.2) is 11.6 Å². The summed E-state index contributed by atoms with van der Waals surface area (Å²) in [4.78, 5) is 4.03. The van der Waals surface area contributed by atoms with E-state index in [-0.39, 0.29) is 11.9 Å². The highest BCUT2D eigenvalue weighted by atomic mass is 79.9. The number of anilines is 1. The maximum atomic E-state index is 13.3. The van der Waals surface area contributed by atoms with Crippen molar-refractivity contribution in [1.82, 2.24) is 4.98 Å². The van der Waals surface area contributed by atoms with E-state index < -0.39 is 30.2 Å². The van der Waals surface area contributed by atoms with Gasteiger partial charge in [-0.2, -0.15) is 13.2 Å². The normalized spacial score (nSPS) is 11.6. The van der Waals surface area contributed by atoms with Crippen molar-refractivity contribution in [2.75, 3.05) is 23.3 Å². The number of hydrogen-bond donors (Lipinski definition) is 0. The average Bonchev–Trinajstić information content (AvgIpc) is 2.14. The molecular weight excluding hydrogens is 311 g/mol. The first-order valence-electron chi connectivity index (χ1n) is 4.52. The molecule has 0 atom stereocenters. The average molecular weight is 319 g/mol. The topological polar surface area (TPSA) is 16.1 Å². The Bertz CT molecular complexity index is 382. The first-order chi connectivity index (χ1) is 7.83. The van der Waals surface area contributed by atoms with Gasteiger partial charge in [-0.25, -0.2) is 13.8 Å². The number of rotatable bonds is 4. The lowest BCUT2D eigenvalue weighted by Crippen LogP contribution is -2.36. The molecule has 0 radical (unpaired) electrons. The van der Waals surface area contributed by atoms with Crippen molar-refractivity contribution in [3.63, 3.8) is 0 Å². The zero-order valence-corrected chi connectivity index (χ0v) is 10.0. The maximum absolute atomic E-state index is 13.3. The minimum Gasteiger partial charge on any atom is -0.344 e. The fourth-order valence-corrected chi connectivity index (χ4v) is 1.65. The summed E-state index contributed by atoms with van der Waals surface area (Å²) < 4.78 is 62.6. The van der Waals surface area contributed by atoms with Gasteiger partial charge in [-0.1, -0.05) is 15.9 Å². The highest BCUT2D eigenvalue weighted by Gasteiger charge is 2.32. The Morgan fingerprint density at radius 1 is 1.29 bits per heavy atom. The Balaban J connectivity index is 2.97. The van der Waals surface area contributed by atoms with E-state index in [0.29, 0.717) is 17.2 Å². The Morgan fingerprint density at radius 3 is 2.41 bits per heavy atom. The molecule has 0 bridgehead atoms. The van der Waals surface area contributed by atoms with Gasteiger partial charge in [0.1, 0.15) is 12.4 Å². The summed E-state index contributed by atoms with van der Waals surface area (Å²) in [5.74, 6) is -2.56. The molecule has 96 valence electrons. The number of hydrogen-bond acceptors (Lipinski definition) is 2. The van der Waals surface area contributed by atoms with Gasteiger partial charge < -0.3 is 4.90 Å². The molecule has 2 nitrogen and oxygen atoms in total. The summed E-state index contributed by atoms with van der Waals surface area (Å²) in [5, 5.41) is 0.210. The molecule has 0 N–H and O–H groups in total. The summed E-state index contributed by atoms with van der Waals surface area (Å²) in [5.41, 5.74) is 0. The summed E-state index contributed by atoms with van der Waals surface area (Å²) >= 11 is 2.96. The third-order valence-corrected chi connectivity index (χ3v) is 2.17. The third-order valence-electron chi connectivity index (χ3n) is 1.81. The second kappa shape index (κ2) is 5.61. The zero-order valence-electron chi connectivity index (χ0n) is 8.44. The minimum absolute atomic E-state index is 0.0882. The first-order valence-corrected chi connectivity index (χ1v) is 5.64. The maximum Gasteiger partial charge on any atom is 0.405 e. The van der Waals surface area contributed by atoms with Crippen molar-refractivity contribution < 1.29 is 22.0 Å². The lowest BCUT2D eigenvalue weighted by atomic mass is 10.3. The van der Waals surface area contributed by atoms with E-state index in [1.807, 2.05) is 0 Å². The van der Waals surface area contributed by atoms with Gasteiger partial charge in [0, 0.05) is 17.9 Å². The molecule has 0 aliphatic carbocycles. The number of alkyl halides is 4. The SMILES string of the molecule is Fc1cnc(N(CCBr)CC(F)(F)F)c(F)c1. The molecule has 0 aliphatic heterocycles. The molecule has 0 aromatic carbocycles. The molecule has 0 saturated carbocycles. The fourth-order valence-electron chi connectivity index (χ4n) is 1.22. The van der Waals surface area contributed by atoms with Crippen LogP contribution in [0.3, 0.4) is 0 Å². The fraction of sp³-hybridized carbons (Fsp3) is 0.444. The van der Waals surface area contributed by atoms with Gasteiger partial charge in [0.05, 0.1) is 6.20 Å². The van der Waals surface area contributed by atoms with E-state index in [0.717, 1.165) is 0 Å². The van der Waals surface area contributed by atoms with E-state index in [9.17, 15) is 22.0 Å². The van der Waals surface area contributed by atoms with Gasteiger partial charge in [0.2, 0.25) is 0 Å². The number of pyridine rings is 1. The smallest absolute Gasteiger partial charge is 0.344 e. The Morgan fingerprint density at radius 2 is 1.94 bits per heavy atom. The van der Waals surface area contributed by atoms with E-state index in [1.54, 1.807) is 0 Å². The summed E-state index contributed by atoms with van der Waals surface area (Å²) in [6.07, 6.45) is -3.80. The van der Waals surface area contributed by atoms with Gasteiger partial charge in [-0.15, -0.1) is 0 Å². The number of halogens is 6. The van der Waals surface area contributed by atoms with Crippen LogP contribution in [0, 0.1) is 11.6 Å².